The number of nitrogens with one attached hydrogen (secondary N) is 1. The molecule has 1 atom stereocenters. The van der Waals surface area contributed by atoms with Crippen molar-refractivity contribution >= 4 is 29.1 Å². The van der Waals surface area contributed by atoms with Crippen LogP contribution in [0.4, 0.5) is 0 Å². The van der Waals surface area contributed by atoms with Gasteiger partial charge in [-0.3, -0.25) is 4.79 Å². The van der Waals surface area contributed by atoms with Crippen molar-refractivity contribution in [2.24, 2.45) is 0 Å². The SMILES string of the molecule is O=C(NCc1cccc(O)c1)[C@H](O)c1cc(Cl)cc(Cl)c1. The molecule has 2 rings (SSSR count). The van der Waals surface area contributed by atoms with Gasteiger partial charge in [0.05, 0.1) is 0 Å². The molecule has 4 nitrogen and oxygen atoms in total. The summed E-state index contributed by atoms with van der Waals surface area (Å²) in [5, 5.41) is 22.6. The molecule has 0 aliphatic carbocycles. The molecule has 0 bridgehead atoms. The molecule has 2 aromatic rings. The van der Waals surface area contributed by atoms with Crippen molar-refractivity contribution in [2.45, 2.75) is 12.6 Å². The highest BCUT2D eigenvalue weighted by molar-refractivity contribution is 6.34. The Morgan fingerprint density at radius 2 is 1.81 bits per heavy atom. The monoisotopic (exact) mass is 325 g/mol. The third kappa shape index (κ3) is 4.36. The second-order valence-corrected chi connectivity index (χ2v) is 5.37. The minimum Gasteiger partial charge on any atom is -0.508 e. The van der Waals surface area contributed by atoms with Crippen LogP contribution in [0.2, 0.25) is 10.0 Å². The van der Waals surface area contributed by atoms with E-state index in [-0.39, 0.29) is 12.3 Å². The first-order chi connectivity index (χ1) is 9.95. The Kier molecular flexibility index (Phi) is 5.07. The van der Waals surface area contributed by atoms with Crippen LogP contribution in [0.3, 0.4) is 0 Å². The van der Waals surface area contributed by atoms with Crippen molar-refractivity contribution in [1.82, 2.24) is 5.32 Å². The first-order valence-electron chi connectivity index (χ1n) is 6.15. The summed E-state index contributed by atoms with van der Waals surface area (Å²) in [5.74, 6) is -0.458. The fourth-order valence-electron chi connectivity index (χ4n) is 1.84. The molecule has 0 radical (unpaired) electrons. The van der Waals surface area contributed by atoms with Crippen molar-refractivity contribution in [2.75, 3.05) is 0 Å². The van der Waals surface area contributed by atoms with E-state index in [0.717, 1.165) is 5.56 Å². The molecule has 0 aliphatic heterocycles. The minimum absolute atomic E-state index is 0.115. The zero-order chi connectivity index (χ0) is 15.4. The largest absolute Gasteiger partial charge is 0.508 e. The Bertz CT molecular complexity index is 641. The first kappa shape index (κ1) is 15.6. The predicted octanol–water partition coefficient (Wildman–Crippen LogP) is 3.05. The number of benzene rings is 2. The third-order valence-corrected chi connectivity index (χ3v) is 3.26. The maximum atomic E-state index is 11.9. The molecule has 0 fully saturated rings. The van der Waals surface area contributed by atoms with E-state index >= 15 is 0 Å². The van der Waals surface area contributed by atoms with Crippen LogP contribution in [0.1, 0.15) is 17.2 Å². The Morgan fingerprint density at radius 1 is 1.14 bits per heavy atom. The van der Waals surface area contributed by atoms with Gasteiger partial charge in [-0.2, -0.15) is 0 Å². The van der Waals surface area contributed by atoms with Crippen molar-refractivity contribution in [1.29, 1.82) is 0 Å². The van der Waals surface area contributed by atoms with E-state index in [2.05, 4.69) is 5.32 Å². The van der Waals surface area contributed by atoms with Crippen LogP contribution in [0.25, 0.3) is 0 Å². The average molecular weight is 326 g/mol. The number of aliphatic hydroxyl groups is 1. The molecule has 0 saturated carbocycles. The highest BCUT2D eigenvalue weighted by atomic mass is 35.5. The molecular weight excluding hydrogens is 313 g/mol. The lowest BCUT2D eigenvalue weighted by Crippen LogP contribution is -2.28. The summed E-state index contributed by atoms with van der Waals surface area (Å²) in [6.45, 7) is 0.193. The van der Waals surface area contributed by atoms with E-state index < -0.39 is 12.0 Å². The van der Waals surface area contributed by atoms with Gasteiger partial charge in [0.25, 0.3) is 5.91 Å². The number of carbonyl (C=O) groups is 1. The maximum Gasteiger partial charge on any atom is 0.253 e. The number of aliphatic hydroxyl groups excluding tert-OH is 1. The number of phenols is 1. The molecule has 0 aliphatic rings. The van der Waals surface area contributed by atoms with Crippen molar-refractivity contribution < 1.29 is 15.0 Å². The average Bonchev–Trinajstić information content (AvgIpc) is 2.43. The molecule has 6 heteroatoms. The summed E-state index contributed by atoms with van der Waals surface area (Å²) in [7, 11) is 0. The Hall–Kier alpha value is -1.75. The van der Waals surface area contributed by atoms with Crippen molar-refractivity contribution in [3.8, 4) is 5.75 Å². The second kappa shape index (κ2) is 6.80. The Morgan fingerprint density at radius 3 is 2.43 bits per heavy atom. The molecule has 0 saturated heterocycles. The first-order valence-corrected chi connectivity index (χ1v) is 6.91. The van der Waals surface area contributed by atoms with Gasteiger partial charge in [0.2, 0.25) is 0 Å². The van der Waals surface area contributed by atoms with Gasteiger partial charge in [0.1, 0.15) is 5.75 Å². The fraction of sp³-hybridized carbons (Fsp3) is 0.133. The van der Waals surface area contributed by atoms with Crippen LogP contribution in [0.5, 0.6) is 5.75 Å². The Balaban J connectivity index is 2.02. The van der Waals surface area contributed by atoms with Gasteiger partial charge >= 0.3 is 0 Å². The summed E-state index contributed by atoms with van der Waals surface area (Å²) < 4.78 is 0. The molecule has 21 heavy (non-hydrogen) atoms. The summed E-state index contributed by atoms with van der Waals surface area (Å²) >= 11 is 11.7. The van der Waals surface area contributed by atoms with E-state index in [1.165, 1.54) is 30.3 Å². The van der Waals surface area contributed by atoms with E-state index in [1.807, 2.05) is 0 Å². The molecule has 0 heterocycles. The number of hydrogen-bond acceptors (Lipinski definition) is 3. The van der Waals surface area contributed by atoms with Crippen LogP contribution in [-0.4, -0.2) is 16.1 Å². The van der Waals surface area contributed by atoms with E-state index in [4.69, 9.17) is 23.2 Å². The molecule has 0 unspecified atom stereocenters. The highest BCUT2D eigenvalue weighted by Crippen LogP contribution is 2.23. The molecule has 1 amide bonds. The van der Waals surface area contributed by atoms with Gasteiger partial charge in [-0.1, -0.05) is 35.3 Å². The van der Waals surface area contributed by atoms with Gasteiger partial charge < -0.3 is 15.5 Å². The Labute approximate surface area is 131 Å². The number of hydrogen-bond donors (Lipinski definition) is 3. The number of amides is 1. The quantitative estimate of drug-likeness (QED) is 0.809. The second-order valence-electron chi connectivity index (χ2n) is 4.49. The zero-order valence-corrected chi connectivity index (χ0v) is 12.4. The lowest BCUT2D eigenvalue weighted by atomic mass is 10.1. The van der Waals surface area contributed by atoms with Crippen LogP contribution in [-0.2, 0) is 11.3 Å². The molecule has 0 spiro atoms. The van der Waals surface area contributed by atoms with Gasteiger partial charge in [0, 0.05) is 16.6 Å². The molecule has 3 N–H and O–H groups in total. The highest BCUT2D eigenvalue weighted by Gasteiger charge is 2.18. The van der Waals surface area contributed by atoms with Crippen LogP contribution in [0.15, 0.2) is 42.5 Å². The van der Waals surface area contributed by atoms with E-state index in [0.29, 0.717) is 15.6 Å². The lowest BCUT2D eigenvalue weighted by Gasteiger charge is -2.12. The minimum atomic E-state index is -1.36. The van der Waals surface area contributed by atoms with Gasteiger partial charge in [-0.25, -0.2) is 0 Å². The van der Waals surface area contributed by atoms with Crippen molar-refractivity contribution in [3.05, 3.63) is 63.6 Å². The fourth-order valence-corrected chi connectivity index (χ4v) is 2.38. The van der Waals surface area contributed by atoms with Gasteiger partial charge in [-0.05, 0) is 41.5 Å². The molecule has 2 aromatic carbocycles. The van der Waals surface area contributed by atoms with Gasteiger partial charge in [0.15, 0.2) is 6.10 Å². The number of halogens is 2. The summed E-state index contributed by atoms with van der Waals surface area (Å²) in [6.07, 6.45) is -1.36. The number of carbonyl (C=O) groups excluding carboxylic acids is 1. The van der Waals surface area contributed by atoms with E-state index in [9.17, 15) is 15.0 Å². The summed E-state index contributed by atoms with van der Waals surface area (Å²) in [4.78, 5) is 11.9. The van der Waals surface area contributed by atoms with Gasteiger partial charge in [-0.15, -0.1) is 0 Å². The zero-order valence-electron chi connectivity index (χ0n) is 10.9. The third-order valence-electron chi connectivity index (χ3n) is 2.83. The topological polar surface area (TPSA) is 69.6 Å². The van der Waals surface area contributed by atoms with Crippen LogP contribution in [0, 0.1) is 0 Å². The predicted molar refractivity (Wildman–Crippen MR) is 81.4 cm³/mol. The normalized spacial score (nSPS) is 12.0. The number of rotatable bonds is 4. The van der Waals surface area contributed by atoms with E-state index in [1.54, 1.807) is 12.1 Å². The van der Waals surface area contributed by atoms with Crippen molar-refractivity contribution in [3.63, 3.8) is 0 Å². The van der Waals surface area contributed by atoms with Crippen LogP contribution < -0.4 is 5.32 Å². The summed E-state index contributed by atoms with van der Waals surface area (Å²) in [5.41, 5.74) is 1.04. The number of aromatic hydroxyl groups is 1. The maximum absolute atomic E-state index is 11.9. The summed E-state index contributed by atoms with van der Waals surface area (Å²) in [6, 6.07) is 11.0. The molecule has 110 valence electrons. The molecule has 0 aromatic heterocycles. The lowest BCUT2D eigenvalue weighted by molar-refractivity contribution is -0.129. The number of phenolic OH excluding ortho intramolecular Hbond substituents is 1. The smallest absolute Gasteiger partial charge is 0.253 e. The standard InChI is InChI=1S/C15H13Cl2NO3/c16-11-5-10(6-12(17)7-11)14(20)15(21)18-8-9-2-1-3-13(19)4-9/h1-7,14,19-20H,8H2,(H,18,21)/t14-/m1/s1. The molecular formula is C15H13Cl2NO3. The van der Waals surface area contributed by atoms with Crippen LogP contribution >= 0.6 is 23.2 Å².